The van der Waals surface area contributed by atoms with E-state index in [4.69, 9.17) is 0 Å². The molecule has 0 heterocycles. The van der Waals surface area contributed by atoms with Crippen molar-refractivity contribution in [1.29, 1.82) is 0 Å². The van der Waals surface area contributed by atoms with E-state index in [0.717, 1.165) is 6.07 Å². The third kappa shape index (κ3) is 1.70. The van der Waals surface area contributed by atoms with Crippen LogP contribution in [0.1, 0.15) is 29.9 Å². The summed E-state index contributed by atoms with van der Waals surface area (Å²) in [6, 6.07) is 3.06. The van der Waals surface area contributed by atoms with Gasteiger partial charge in [-0.25, -0.2) is 4.39 Å². The molecule has 0 saturated heterocycles. The molecule has 0 amide bonds. The standard InChI is InChI=1S/C11H8F4O/c12-10-7(6-4-5-9(6)16)2-1-3-8(10)11(13,14)15/h1-3,6H,4-5H2. The summed E-state index contributed by atoms with van der Waals surface area (Å²) in [5, 5.41) is 0. The van der Waals surface area contributed by atoms with Crippen LogP contribution in [0.25, 0.3) is 0 Å². The largest absolute Gasteiger partial charge is 0.419 e. The van der Waals surface area contributed by atoms with Gasteiger partial charge in [0.25, 0.3) is 0 Å². The normalized spacial score (nSPS) is 20.8. The topological polar surface area (TPSA) is 17.1 Å². The number of ketones is 1. The van der Waals surface area contributed by atoms with Gasteiger partial charge in [0.15, 0.2) is 0 Å². The van der Waals surface area contributed by atoms with E-state index in [1.807, 2.05) is 0 Å². The van der Waals surface area contributed by atoms with Gasteiger partial charge in [0.1, 0.15) is 11.6 Å². The molecule has 1 saturated carbocycles. The van der Waals surface area contributed by atoms with Crippen LogP contribution >= 0.6 is 0 Å². The molecule has 5 heteroatoms. The van der Waals surface area contributed by atoms with Crippen molar-refractivity contribution in [3.8, 4) is 0 Å². The van der Waals surface area contributed by atoms with Gasteiger partial charge >= 0.3 is 6.18 Å². The zero-order valence-corrected chi connectivity index (χ0v) is 8.14. The molecular formula is C11H8F4O. The van der Waals surface area contributed by atoms with Crippen LogP contribution in [0.2, 0.25) is 0 Å². The number of rotatable bonds is 1. The lowest BCUT2D eigenvalue weighted by atomic mass is 9.78. The van der Waals surface area contributed by atoms with E-state index in [2.05, 4.69) is 0 Å². The first kappa shape index (κ1) is 11.1. The third-order valence-corrected chi connectivity index (χ3v) is 2.78. The molecule has 0 radical (unpaired) electrons. The van der Waals surface area contributed by atoms with E-state index in [0.29, 0.717) is 18.9 Å². The summed E-state index contributed by atoms with van der Waals surface area (Å²) in [5.74, 6) is -2.20. The quantitative estimate of drug-likeness (QED) is 0.679. The van der Waals surface area contributed by atoms with Crippen molar-refractivity contribution < 1.29 is 22.4 Å². The van der Waals surface area contributed by atoms with Gasteiger partial charge in [-0.05, 0) is 18.1 Å². The molecule has 0 aliphatic heterocycles. The first-order valence-electron chi connectivity index (χ1n) is 4.79. The lowest BCUT2D eigenvalue weighted by molar-refractivity contribution is -0.140. The Kier molecular flexibility index (Phi) is 2.48. The molecule has 0 spiro atoms. The summed E-state index contributed by atoms with van der Waals surface area (Å²) < 4.78 is 50.7. The van der Waals surface area contributed by atoms with Gasteiger partial charge in [0.2, 0.25) is 0 Å². The molecule has 1 aliphatic carbocycles. The lowest BCUT2D eigenvalue weighted by Gasteiger charge is -2.25. The van der Waals surface area contributed by atoms with Gasteiger partial charge in [-0.1, -0.05) is 12.1 Å². The first-order valence-corrected chi connectivity index (χ1v) is 4.79. The van der Waals surface area contributed by atoms with E-state index in [9.17, 15) is 22.4 Å². The maximum absolute atomic E-state index is 13.5. The SMILES string of the molecule is O=C1CCC1c1cccc(C(F)(F)F)c1F. The van der Waals surface area contributed by atoms with Crippen LogP contribution in [-0.2, 0) is 11.0 Å². The Morgan fingerprint density at radius 1 is 1.25 bits per heavy atom. The maximum Gasteiger partial charge on any atom is 0.419 e. The predicted molar refractivity (Wildman–Crippen MR) is 48.4 cm³/mol. The van der Waals surface area contributed by atoms with E-state index < -0.39 is 23.5 Å². The van der Waals surface area contributed by atoms with Crippen molar-refractivity contribution in [1.82, 2.24) is 0 Å². The summed E-state index contributed by atoms with van der Waals surface area (Å²) in [5.41, 5.74) is -1.43. The van der Waals surface area contributed by atoms with Crippen molar-refractivity contribution in [2.24, 2.45) is 0 Å². The van der Waals surface area contributed by atoms with Gasteiger partial charge in [-0.15, -0.1) is 0 Å². The van der Waals surface area contributed by atoms with Crippen molar-refractivity contribution in [3.05, 3.63) is 35.1 Å². The van der Waals surface area contributed by atoms with Crippen LogP contribution in [0.3, 0.4) is 0 Å². The highest BCUT2D eigenvalue weighted by molar-refractivity contribution is 5.91. The molecule has 1 aromatic rings. The Hall–Kier alpha value is -1.39. The Morgan fingerprint density at radius 2 is 1.94 bits per heavy atom. The van der Waals surface area contributed by atoms with Crippen LogP contribution in [0.5, 0.6) is 0 Å². The highest BCUT2D eigenvalue weighted by Gasteiger charge is 2.38. The molecule has 0 N–H and O–H groups in total. The number of alkyl halides is 3. The number of carbonyl (C=O) groups is 1. The highest BCUT2D eigenvalue weighted by Crippen LogP contribution is 2.39. The molecular weight excluding hydrogens is 224 g/mol. The molecule has 1 aliphatic rings. The number of Topliss-reactive ketones (excluding diaryl/α,β-unsaturated/α-hetero) is 1. The van der Waals surface area contributed by atoms with Crippen LogP contribution in [0.15, 0.2) is 18.2 Å². The van der Waals surface area contributed by atoms with E-state index >= 15 is 0 Å². The molecule has 1 fully saturated rings. The van der Waals surface area contributed by atoms with Crippen molar-refractivity contribution in [3.63, 3.8) is 0 Å². The molecule has 0 aromatic heterocycles. The van der Waals surface area contributed by atoms with Gasteiger partial charge in [0.05, 0.1) is 5.56 Å². The van der Waals surface area contributed by atoms with Gasteiger partial charge < -0.3 is 0 Å². The second-order valence-electron chi connectivity index (χ2n) is 3.76. The monoisotopic (exact) mass is 232 g/mol. The molecule has 1 atom stereocenters. The van der Waals surface area contributed by atoms with Gasteiger partial charge in [0, 0.05) is 12.3 Å². The molecule has 86 valence electrons. The average Bonchev–Trinajstić information content (AvgIpc) is 2.17. The molecule has 1 aromatic carbocycles. The first-order chi connectivity index (χ1) is 7.41. The Labute approximate surface area is 89.1 Å². The zero-order chi connectivity index (χ0) is 11.9. The minimum absolute atomic E-state index is 0.133. The summed E-state index contributed by atoms with van der Waals surface area (Å²) >= 11 is 0. The fraction of sp³-hybridized carbons (Fsp3) is 0.364. The molecule has 1 unspecified atom stereocenters. The minimum Gasteiger partial charge on any atom is -0.299 e. The maximum atomic E-state index is 13.5. The van der Waals surface area contributed by atoms with Gasteiger partial charge in [-0.2, -0.15) is 13.2 Å². The van der Waals surface area contributed by atoms with Crippen LogP contribution in [0.4, 0.5) is 17.6 Å². The Bertz CT molecular complexity index is 436. The molecule has 2 rings (SSSR count). The summed E-state index contributed by atoms with van der Waals surface area (Å²) in [7, 11) is 0. The number of hydrogen-bond acceptors (Lipinski definition) is 1. The smallest absolute Gasteiger partial charge is 0.299 e. The summed E-state index contributed by atoms with van der Waals surface area (Å²) in [4.78, 5) is 11.1. The second kappa shape index (κ2) is 3.57. The zero-order valence-electron chi connectivity index (χ0n) is 8.14. The Morgan fingerprint density at radius 3 is 2.38 bits per heavy atom. The molecule has 1 nitrogen and oxygen atoms in total. The third-order valence-electron chi connectivity index (χ3n) is 2.78. The summed E-state index contributed by atoms with van der Waals surface area (Å²) in [6.45, 7) is 0. The predicted octanol–water partition coefficient (Wildman–Crippen LogP) is 3.29. The fourth-order valence-corrected chi connectivity index (χ4v) is 1.77. The number of hydrogen-bond donors (Lipinski definition) is 0. The number of carbonyl (C=O) groups excluding carboxylic acids is 1. The summed E-state index contributed by atoms with van der Waals surface area (Å²) in [6.07, 6.45) is -3.97. The Balaban J connectivity index is 2.45. The molecule has 0 bridgehead atoms. The van der Waals surface area contributed by atoms with Gasteiger partial charge in [-0.3, -0.25) is 4.79 Å². The lowest BCUT2D eigenvalue weighted by Crippen LogP contribution is -2.25. The van der Waals surface area contributed by atoms with Crippen LogP contribution in [-0.4, -0.2) is 5.78 Å². The van der Waals surface area contributed by atoms with Crippen molar-refractivity contribution in [2.75, 3.05) is 0 Å². The second-order valence-corrected chi connectivity index (χ2v) is 3.76. The van der Waals surface area contributed by atoms with E-state index in [-0.39, 0.29) is 11.3 Å². The van der Waals surface area contributed by atoms with E-state index in [1.165, 1.54) is 6.07 Å². The van der Waals surface area contributed by atoms with Crippen molar-refractivity contribution >= 4 is 5.78 Å². The fourth-order valence-electron chi connectivity index (χ4n) is 1.77. The number of benzene rings is 1. The van der Waals surface area contributed by atoms with Crippen LogP contribution in [0, 0.1) is 5.82 Å². The van der Waals surface area contributed by atoms with Crippen molar-refractivity contribution in [2.45, 2.75) is 24.9 Å². The molecule has 16 heavy (non-hydrogen) atoms. The number of halogens is 4. The minimum atomic E-state index is -4.72. The highest BCUT2D eigenvalue weighted by atomic mass is 19.4. The van der Waals surface area contributed by atoms with E-state index in [1.54, 1.807) is 0 Å². The van der Waals surface area contributed by atoms with Crippen LogP contribution < -0.4 is 0 Å². The average molecular weight is 232 g/mol.